The molecule has 0 fully saturated rings. The Kier molecular flexibility index (Phi) is 5.00. The summed E-state index contributed by atoms with van der Waals surface area (Å²) in [6.07, 6.45) is 1.65. The highest BCUT2D eigenvalue weighted by atomic mass is 35.5. The first kappa shape index (κ1) is 17.7. The predicted octanol–water partition coefficient (Wildman–Crippen LogP) is 4.84. The minimum Gasteiger partial charge on any atom is -0.458 e. The summed E-state index contributed by atoms with van der Waals surface area (Å²) in [5.41, 5.74) is 3.48. The maximum atomic E-state index is 12.7. The zero-order chi connectivity index (χ0) is 18.1. The van der Waals surface area contributed by atoms with Crippen LogP contribution in [0.25, 0.3) is 0 Å². The molecule has 25 heavy (non-hydrogen) atoms. The highest BCUT2D eigenvalue weighted by molar-refractivity contribution is 6.31. The SMILES string of the molecule is CC[C@H](C)OC(=O)c1[nH]c2c(c1C)C(=O)C[C@@H](c1ccccc1Cl)C2. The Morgan fingerprint density at radius 3 is 2.76 bits per heavy atom. The number of esters is 1. The second kappa shape index (κ2) is 7.04. The van der Waals surface area contributed by atoms with Gasteiger partial charge < -0.3 is 9.72 Å². The maximum absolute atomic E-state index is 12.7. The number of benzene rings is 1. The van der Waals surface area contributed by atoms with E-state index in [1.165, 1.54) is 0 Å². The van der Waals surface area contributed by atoms with Crippen molar-refractivity contribution in [1.82, 2.24) is 4.98 Å². The molecule has 2 aromatic rings. The fourth-order valence-corrected chi connectivity index (χ4v) is 3.68. The van der Waals surface area contributed by atoms with E-state index in [4.69, 9.17) is 16.3 Å². The number of fused-ring (bicyclic) bond motifs is 1. The molecular formula is C20H22ClNO3. The third-order valence-electron chi connectivity index (χ3n) is 4.92. The summed E-state index contributed by atoms with van der Waals surface area (Å²) in [5, 5.41) is 0.670. The Labute approximate surface area is 152 Å². The number of ketones is 1. The highest BCUT2D eigenvalue weighted by Crippen LogP contribution is 2.37. The van der Waals surface area contributed by atoms with Gasteiger partial charge in [-0.2, -0.15) is 0 Å². The lowest BCUT2D eigenvalue weighted by molar-refractivity contribution is 0.0327. The van der Waals surface area contributed by atoms with Gasteiger partial charge in [0.2, 0.25) is 0 Å². The molecular weight excluding hydrogens is 338 g/mol. The molecule has 1 heterocycles. The van der Waals surface area contributed by atoms with Gasteiger partial charge in [-0.05, 0) is 49.8 Å². The quantitative estimate of drug-likeness (QED) is 0.794. The van der Waals surface area contributed by atoms with E-state index in [1.807, 2.05) is 38.1 Å². The van der Waals surface area contributed by atoms with Crippen LogP contribution in [0.5, 0.6) is 0 Å². The van der Waals surface area contributed by atoms with Crippen LogP contribution in [0.1, 0.15) is 70.3 Å². The van der Waals surface area contributed by atoms with Crippen molar-refractivity contribution >= 4 is 23.4 Å². The number of halogens is 1. The van der Waals surface area contributed by atoms with Gasteiger partial charge in [-0.1, -0.05) is 36.7 Å². The van der Waals surface area contributed by atoms with E-state index in [-0.39, 0.29) is 17.8 Å². The molecule has 0 radical (unpaired) electrons. The molecule has 3 rings (SSSR count). The normalized spacial score (nSPS) is 17.9. The standard InChI is InChI=1S/C20H22ClNO3/c1-4-11(2)25-20(24)19-12(3)18-16(22-19)9-13(10-17(18)23)14-7-5-6-8-15(14)21/h5-8,11,13,22H,4,9-10H2,1-3H3/t11-,13-/m0/s1. The molecule has 1 aromatic carbocycles. The van der Waals surface area contributed by atoms with E-state index in [0.29, 0.717) is 34.7 Å². The van der Waals surface area contributed by atoms with Gasteiger partial charge in [0.25, 0.3) is 0 Å². The lowest BCUT2D eigenvalue weighted by atomic mass is 9.81. The fourth-order valence-electron chi connectivity index (χ4n) is 3.39. The number of aromatic nitrogens is 1. The summed E-state index contributed by atoms with van der Waals surface area (Å²) in [6.45, 7) is 5.62. The summed E-state index contributed by atoms with van der Waals surface area (Å²) < 4.78 is 5.41. The average molecular weight is 360 g/mol. The number of hydrogen-bond acceptors (Lipinski definition) is 3. The smallest absolute Gasteiger partial charge is 0.355 e. The van der Waals surface area contributed by atoms with Crippen molar-refractivity contribution in [1.29, 1.82) is 0 Å². The summed E-state index contributed by atoms with van der Waals surface area (Å²) >= 11 is 6.30. The summed E-state index contributed by atoms with van der Waals surface area (Å²) in [5.74, 6) is -0.337. The van der Waals surface area contributed by atoms with Gasteiger partial charge >= 0.3 is 5.97 Å². The van der Waals surface area contributed by atoms with Crippen LogP contribution in [-0.4, -0.2) is 22.8 Å². The summed E-state index contributed by atoms with van der Waals surface area (Å²) in [4.78, 5) is 28.2. The van der Waals surface area contributed by atoms with Crippen LogP contribution in [0, 0.1) is 6.92 Å². The molecule has 0 saturated heterocycles. The van der Waals surface area contributed by atoms with Crippen molar-refractivity contribution in [3.63, 3.8) is 0 Å². The Morgan fingerprint density at radius 2 is 2.08 bits per heavy atom. The van der Waals surface area contributed by atoms with Crippen molar-refractivity contribution in [2.45, 2.75) is 52.1 Å². The molecule has 1 aliphatic carbocycles. The topological polar surface area (TPSA) is 59.2 Å². The molecule has 5 heteroatoms. The molecule has 0 bridgehead atoms. The van der Waals surface area contributed by atoms with Gasteiger partial charge in [0, 0.05) is 22.7 Å². The van der Waals surface area contributed by atoms with Gasteiger partial charge in [0.15, 0.2) is 5.78 Å². The third kappa shape index (κ3) is 3.36. The zero-order valence-electron chi connectivity index (χ0n) is 14.7. The number of H-pyrrole nitrogens is 1. The Bertz CT molecular complexity index is 824. The first-order valence-electron chi connectivity index (χ1n) is 8.62. The third-order valence-corrected chi connectivity index (χ3v) is 5.27. The minimum atomic E-state index is -0.400. The monoisotopic (exact) mass is 359 g/mol. The van der Waals surface area contributed by atoms with Crippen LogP contribution in [0.2, 0.25) is 5.02 Å². The molecule has 1 N–H and O–H groups in total. The summed E-state index contributed by atoms with van der Waals surface area (Å²) in [6, 6.07) is 7.60. The Balaban J connectivity index is 1.92. The van der Waals surface area contributed by atoms with Gasteiger partial charge in [0.1, 0.15) is 5.69 Å². The van der Waals surface area contributed by atoms with Crippen LogP contribution >= 0.6 is 11.6 Å². The molecule has 0 unspecified atom stereocenters. The van der Waals surface area contributed by atoms with Crippen molar-refractivity contribution in [3.05, 3.63) is 57.4 Å². The number of ether oxygens (including phenoxy) is 1. The lowest BCUT2D eigenvalue weighted by Gasteiger charge is -2.22. The largest absolute Gasteiger partial charge is 0.458 e. The van der Waals surface area contributed by atoms with Crippen LogP contribution in [0.15, 0.2) is 24.3 Å². The van der Waals surface area contributed by atoms with Crippen LogP contribution in [0.3, 0.4) is 0 Å². The number of aromatic amines is 1. The molecule has 0 saturated carbocycles. The molecule has 132 valence electrons. The Hall–Kier alpha value is -2.07. The molecule has 0 spiro atoms. The number of rotatable bonds is 4. The number of nitrogens with one attached hydrogen (secondary N) is 1. The van der Waals surface area contributed by atoms with Crippen LogP contribution in [-0.2, 0) is 11.2 Å². The Morgan fingerprint density at radius 1 is 1.36 bits per heavy atom. The molecule has 1 aliphatic rings. The molecule has 2 atom stereocenters. The van der Waals surface area contributed by atoms with Crippen molar-refractivity contribution in [2.24, 2.45) is 0 Å². The number of Topliss-reactive ketones (excluding diaryl/α,β-unsaturated/α-hetero) is 1. The fraction of sp³-hybridized carbons (Fsp3) is 0.400. The van der Waals surface area contributed by atoms with E-state index in [9.17, 15) is 9.59 Å². The van der Waals surface area contributed by atoms with Gasteiger partial charge in [-0.3, -0.25) is 4.79 Å². The van der Waals surface area contributed by atoms with Gasteiger partial charge in [-0.15, -0.1) is 0 Å². The average Bonchev–Trinajstić information content (AvgIpc) is 2.92. The molecule has 1 aromatic heterocycles. The van der Waals surface area contributed by atoms with E-state index in [0.717, 1.165) is 17.7 Å². The number of hydrogen-bond donors (Lipinski definition) is 1. The minimum absolute atomic E-state index is 0.0187. The van der Waals surface area contributed by atoms with Gasteiger partial charge in [-0.25, -0.2) is 4.79 Å². The van der Waals surface area contributed by atoms with Crippen molar-refractivity contribution < 1.29 is 14.3 Å². The maximum Gasteiger partial charge on any atom is 0.355 e. The molecule has 4 nitrogen and oxygen atoms in total. The van der Waals surface area contributed by atoms with E-state index in [1.54, 1.807) is 6.92 Å². The van der Waals surface area contributed by atoms with E-state index >= 15 is 0 Å². The highest BCUT2D eigenvalue weighted by Gasteiger charge is 2.33. The second-order valence-corrected chi connectivity index (χ2v) is 7.06. The predicted molar refractivity (Wildman–Crippen MR) is 97.5 cm³/mol. The van der Waals surface area contributed by atoms with Gasteiger partial charge in [0.05, 0.1) is 6.10 Å². The van der Waals surface area contributed by atoms with Crippen LogP contribution < -0.4 is 0 Å². The zero-order valence-corrected chi connectivity index (χ0v) is 15.4. The van der Waals surface area contributed by atoms with E-state index < -0.39 is 5.97 Å². The molecule has 0 aliphatic heterocycles. The summed E-state index contributed by atoms with van der Waals surface area (Å²) in [7, 11) is 0. The van der Waals surface area contributed by atoms with Crippen LogP contribution in [0.4, 0.5) is 0 Å². The van der Waals surface area contributed by atoms with E-state index in [2.05, 4.69) is 4.98 Å². The second-order valence-electron chi connectivity index (χ2n) is 6.65. The number of carbonyl (C=O) groups excluding carboxylic acids is 2. The lowest BCUT2D eigenvalue weighted by Crippen LogP contribution is -2.18. The van der Waals surface area contributed by atoms with Crippen molar-refractivity contribution in [2.75, 3.05) is 0 Å². The van der Waals surface area contributed by atoms with Crippen molar-refractivity contribution in [3.8, 4) is 0 Å². The molecule has 0 amide bonds. The first-order valence-corrected chi connectivity index (χ1v) is 9.00. The number of carbonyl (C=O) groups is 2. The first-order chi connectivity index (χ1) is 11.9.